The molecule has 11 heavy (non-hydrogen) atoms. The van der Waals surface area contributed by atoms with Crippen LogP contribution in [0.1, 0.15) is 27.2 Å². The summed E-state index contributed by atoms with van der Waals surface area (Å²) in [7, 11) is 0. The Morgan fingerprint density at radius 3 is 1.36 bits per heavy atom. The molecule has 0 unspecified atom stereocenters. The van der Waals surface area contributed by atoms with Crippen LogP contribution >= 0.6 is 0 Å². The van der Waals surface area contributed by atoms with Crippen molar-refractivity contribution in [3.8, 4) is 0 Å². The Kier molecular flexibility index (Phi) is 7.86. The molecule has 0 fully saturated rings. The monoisotopic (exact) mass is 159 g/mol. The molecule has 2 N–H and O–H groups in total. The van der Waals surface area contributed by atoms with Crippen molar-refractivity contribution in [2.75, 3.05) is 0 Å². The summed E-state index contributed by atoms with van der Waals surface area (Å²) in [6.45, 7) is 4.56. The first kappa shape index (κ1) is 12.5. The SMILES string of the molecule is CC(=O)C(N)=O.CCC(C)=O. The van der Waals surface area contributed by atoms with E-state index in [0.717, 1.165) is 6.92 Å². The normalized spacial score (nSPS) is 7.55. The van der Waals surface area contributed by atoms with Gasteiger partial charge in [-0.3, -0.25) is 9.59 Å². The second kappa shape index (κ2) is 6.92. The summed E-state index contributed by atoms with van der Waals surface area (Å²) in [6.07, 6.45) is 0.667. The number of carbonyl (C=O) groups is 3. The van der Waals surface area contributed by atoms with Crippen LogP contribution in [0.4, 0.5) is 0 Å². The minimum absolute atomic E-state index is 0.255. The highest BCUT2D eigenvalue weighted by Gasteiger charge is 1.95. The van der Waals surface area contributed by atoms with Crippen LogP contribution < -0.4 is 5.73 Å². The molecular formula is C7H13NO3. The van der Waals surface area contributed by atoms with Gasteiger partial charge in [0.15, 0.2) is 0 Å². The molecule has 0 spiro atoms. The van der Waals surface area contributed by atoms with Gasteiger partial charge in [0.05, 0.1) is 0 Å². The van der Waals surface area contributed by atoms with Crippen molar-refractivity contribution in [3.63, 3.8) is 0 Å². The molecule has 4 nitrogen and oxygen atoms in total. The third-order valence-corrected chi connectivity index (χ3v) is 0.845. The van der Waals surface area contributed by atoms with Crippen LogP contribution in [0.5, 0.6) is 0 Å². The molecule has 0 aromatic rings. The van der Waals surface area contributed by atoms with Crippen LogP contribution in [0.15, 0.2) is 0 Å². The van der Waals surface area contributed by atoms with E-state index in [4.69, 9.17) is 0 Å². The van der Waals surface area contributed by atoms with Gasteiger partial charge >= 0.3 is 0 Å². The summed E-state index contributed by atoms with van der Waals surface area (Å²) in [5.74, 6) is -1.23. The van der Waals surface area contributed by atoms with Crippen molar-refractivity contribution >= 4 is 17.5 Å². The standard InChI is InChI=1S/C4H8O.C3H5NO2/c1-3-4(2)5;1-2(5)3(4)6/h3H2,1-2H3;1H3,(H2,4,6). The largest absolute Gasteiger partial charge is 0.363 e. The maximum atomic E-state index is 9.81. The van der Waals surface area contributed by atoms with Gasteiger partial charge in [-0.2, -0.15) is 0 Å². The fraction of sp³-hybridized carbons (Fsp3) is 0.571. The van der Waals surface area contributed by atoms with Crippen LogP contribution in [0.2, 0.25) is 0 Å². The number of carbonyl (C=O) groups excluding carboxylic acids is 3. The number of hydrogen-bond donors (Lipinski definition) is 1. The predicted molar refractivity (Wildman–Crippen MR) is 40.8 cm³/mol. The van der Waals surface area contributed by atoms with Gasteiger partial charge in [0.2, 0.25) is 5.78 Å². The molecule has 64 valence electrons. The lowest BCUT2D eigenvalue weighted by Gasteiger charge is -1.74. The Morgan fingerprint density at radius 1 is 1.18 bits per heavy atom. The molecular weight excluding hydrogens is 146 g/mol. The molecule has 0 atom stereocenters. The van der Waals surface area contributed by atoms with Crippen molar-refractivity contribution < 1.29 is 14.4 Å². The van der Waals surface area contributed by atoms with Gasteiger partial charge in [0.25, 0.3) is 5.91 Å². The first-order chi connectivity index (χ1) is 4.91. The van der Waals surface area contributed by atoms with E-state index >= 15 is 0 Å². The summed E-state index contributed by atoms with van der Waals surface area (Å²) in [5.41, 5.74) is 4.45. The first-order valence-electron chi connectivity index (χ1n) is 3.21. The van der Waals surface area contributed by atoms with Gasteiger partial charge in [0, 0.05) is 13.3 Å². The first-order valence-corrected chi connectivity index (χ1v) is 3.21. The summed E-state index contributed by atoms with van der Waals surface area (Å²) in [6, 6.07) is 0. The van der Waals surface area contributed by atoms with Gasteiger partial charge in [-0.25, -0.2) is 0 Å². The number of rotatable bonds is 2. The summed E-state index contributed by atoms with van der Waals surface area (Å²) < 4.78 is 0. The van der Waals surface area contributed by atoms with Crippen molar-refractivity contribution in [3.05, 3.63) is 0 Å². The van der Waals surface area contributed by atoms with Gasteiger partial charge in [-0.05, 0) is 6.92 Å². The molecule has 0 bridgehead atoms. The molecule has 0 aliphatic carbocycles. The predicted octanol–water partition coefficient (Wildman–Crippen LogP) is 0.0461. The minimum atomic E-state index is -0.880. The average molecular weight is 159 g/mol. The molecule has 0 aliphatic heterocycles. The van der Waals surface area contributed by atoms with E-state index in [0.29, 0.717) is 6.42 Å². The number of nitrogens with two attached hydrogens (primary N) is 1. The quantitative estimate of drug-likeness (QED) is 0.578. The Bertz CT molecular complexity index is 151. The van der Waals surface area contributed by atoms with E-state index in [-0.39, 0.29) is 5.78 Å². The van der Waals surface area contributed by atoms with Crippen LogP contribution in [0, 0.1) is 0 Å². The lowest BCUT2D eigenvalue weighted by Crippen LogP contribution is -2.19. The van der Waals surface area contributed by atoms with Crippen LogP contribution in [-0.4, -0.2) is 17.5 Å². The molecule has 0 aliphatic rings. The van der Waals surface area contributed by atoms with Crippen LogP contribution in [-0.2, 0) is 14.4 Å². The second-order valence-electron chi connectivity index (χ2n) is 1.98. The van der Waals surface area contributed by atoms with E-state index in [2.05, 4.69) is 5.73 Å². The highest BCUT2D eigenvalue weighted by Crippen LogP contribution is 1.71. The zero-order valence-corrected chi connectivity index (χ0v) is 7.01. The van der Waals surface area contributed by atoms with Crippen molar-refractivity contribution in [2.45, 2.75) is 27.2 Å². The fourth-order valence-electron chi connectivity index (χ4n) is 0. The molecule has 0 saturated heterocycles. The highest BCUT2D eigenvalue weighted by molar-refractivity contribution is 6.34. The van der Waals surface area contributed by atoms with E-state index < -0.39 is 11.7 Å². The maximum absolute atomic E-state index is 9.81. The average Bonchev–Trinajstić information content (AvgIpc) is 1.89. The Labute approximate surface area is 65.8 Å². The Hall–Kier alpha value is -1.19. The number of Topliss-reactive ketones (excluding diaryl/α,β-unsaturated/α-hetero) is 2. The number of amides is 1. The van der Waals surface area contributed by atoms with E-state index in [9.17, 15) is 14.4 Å². The van der Waals surface area contributed by atoms with Gasteiger partial charge < -0.3 is 10.5 Å². The smallest absolute Gasteiger partial charge is 0.284 e. The van der Waals surface area contributed by atoms with Gasteiger partial charge in [-0.15, -0.1) is 0 Å². The molecule has 0 aromatic heterocycles. The molecule has 1 amide bonds. The van der Waals surface area contributed by atoms with Crippen molar-refractivity contribution in [1.29, 1.82) is 0 Å². The maximum Gasteiger partial charge on any atom is 0.284 e. The third-order valence-electron chi connectivity index (χ3n) is 0.845. The number of primary amides is 1. The van der Waals surface area contributed by atoms with E-state index in [1.54, 1.807) is 6.92 Å². The Balaban J connectivity index is 0. The molecule has 0 aromatic carbocycles. The second-order valence-corrected chi connectivity index (χ2v) is 1.98. The number of hydrogen-bond acceptors (Lipinski definition) is 3. The van der Waals surface area contributed by atoms with E-state index in [1.807, 2.05) is 6.92 Å². The molecule has 4 heteroatoms. The third kappa shape index (κ3) is 17.7. The molecule has 0 rings (SSSR count). The van der Waals surface area contributed by atoms with Crippen molar-refractivity contribution in [1.82, 2.24) is 0 Å². The van der Waals surface area contributed by atoms with Crippen LogP contribution in [0.25, 0.3) is 0 Å². The number of ketones is 2. The Morgan fingerprint density at radius 2 is 1.36 bits per heavy atom. The summed E-state index contributed by atoms with van der Waals surface area (Å²) in [5, 5.41) is 0. The van der Waals surface area contributed by atoms with Gasteiger partial charge in [0.1, 0.15) is 5.78 Å². The molecule has 0 saturated carbocycles. The van der Waals surface area contributed by atoms with Crippen molar-refractivity contribution in [2.24, 2.45) is 5.73 Å². The zero-order chi connectivity index (χ0) is 9.44. The molecule has 0 radical (unpaired) electrons. The topological polar surface area (TPSA) is 77.2 Å². The summed E-state index contributed by atoms with van der Waals surface area (Å²) >= 11 is 0. The highest BCUT2D eigenvalue weighted by atomic mass is 16.2. The van der Waals surface area contributed by atoms with E-state index in [1.165, 1.54) is 0 Å². The minimum Gasteiger partial charge on any atom is -0.363 e. The van der Waals surface area contributed by atoms with Crippen LogP contribution in [0.3, 0.4) is 0 Å². The molecule has 0 heterocycles. The lowest BCUT2D eigenvalue weighted by molar-refractivity contribution is -0.134. The lowest BCUT2D eigenvalue weighted by atomic mass is 10.4. The van der Waals surface area contributed by atoms with Gasteiger partial charge in [-0.1, -0.05) is 6.92 Å². The zero-order valence-electron chi connectivity index (χ0n) is 7.01. The fourth-order valence-corrected chi connectivity index (χ4v) is 0. The summed E-state index contributed by atoms with van der Waals surface area (Å²) in [4.78, 5) is 29.1.